The van der Waals surface area contributed by atoms with Crippen molar-refractivity contribution < 1.29 is 45.4 Å². The van der Waals surface area contributed by atoms with Crippen LogP contribution >= 0.6 is 0 Å². The van der Waals surface area contributed by atoms with Crippen LogP contribution in [-0.4, -0.2) is 41.3 Å². The number of rotatable bonds is 3. The van der Waals surface area contributed by atoms with Gasteiger partial charge in [0, 0.05) is 24.7 Å². The highest BCUT2D eigenvalue weighted by Crippen LogP contribution is 2.37. The number of halogens is 7. The Bertz CT molecular complexity index is 1010. The van der Waals surface area contributed by atoms with Crippen LogP contribution in [0.4, 0.5) is 46.0 Å². The zero-order chi connectivity index (χ0) is 24.6. The Hall–Kier alpha value is -3.51. The summed E-state index contributed by atoms with van der Waals surface area (Å²) >= 11 is 0. The SMILES string of the molecule is O=C(Nc1cc(C(F)(F)F)cc(C(F)(F)F)c1)N[C@H]1CN(C(=O)O)C[C@@H]1c1ccc(F)cc1. The minimum atomic E-state index is -5.09. The van der Waals surface area contributed by atoms with Gasteiger partial charge in [0.15, 0.2) is 0 Å². The predicted molar refractivity (Wildman–Crippen MR) is 101 cm³/mol. The van der Waals surface area contributed by atoms with Crippen LogP contribution in [0.3, 0.4) is 0 Å². The summed E-state index contributed by atoms with van der Waals surface area (Å²) in [5.74, 6) is -1.17. The van der Waals surface area contributed by atoms with Crippen molar-refractivity contribution in [3.63, 3.8) is 0 Å². The molecule has 1 heterocycles. The van der Waals surface area contributed by atoms with Crippen molar-refractivity contribution in [3.8, 4) is 0 Å². The molecule has 3 rings (SSSR count). The summed E-state index contributed by atoms with van der Waals surface area (Å²) in [5.41, 5.74) is -3.46. The maximum Gasteiger partial charge on any atom is 0.416 e. The number of alkyl halides is 6. The number of nitrogens with one attached hydrogen (secondary N) is 2. The van der Waals surface area contributed by atoms with Gasteiger partial charge in [0.05, 0.1) is 17.2 Å². The molecule has 1 aliphatic rings. The molecule has 1 aliphatic heterocycles. The molecule has 33 heavy (non-hydrogen) atoms. The number of carbonyl (C=O) groups is 2. The predicted octanol–water partition coefficient (Wildman–Crippen LogP) is 5.13. The van der Waals surface area contributed by atoms with E-state index in [4.69, 9.17) is 0 Å². The summed E-state index contributed by atoms with van der Waals surface area (Å²) in [5, 5.41) is 13.6. The fraction of sp³-hybridized carbons (Fsp3) is 0.300. The van der Waals surface area contributed by atoms with Crippen molar-refractivity contribution in [3.05, 3.63) is 65.0 Å². The van der Waals surface area contributed by atoms with Gasteiger partial charge < -0.3 is 20.6 Å². The van der Waals surface area contributed by atoms with Gasteiger partial charge in [-0.3, -0.25) is 0 Å². The molecule has 1 fully saturated rings. The van der Waals surface area contributed by atoms with Crippen molar-refractivity contribution in [1.82, 2.24) is 10.2 Å². The first-order valence-corrected chi connectivity index (χ1v) is 9.34. The lowest BCUT2D eigenvalue weighted by molar-refractivity contribution is -0.143. The molecule has 3 amide bonds. The minimum absolute atomic E-state index is 0.0618. The second-order valence-electron chi connectivity index (χ2n) is 7.35. The molecule has 0 unspecified atom stereocenters. The smallest absolute Gasteiger partial charge is 0.416 e. The molecule has 6 nitrogen and oxygen atoms in total. The molecule has 0 radical (unpaired) electrons. The highest BCUT2D eigenvalue weighted by molar-refractivity contribution is 5.90. The van der Waals surface area contributed by atoms with Crippen LogP contribution in [0.15, 0.2) is 42.5 Å². The number of amides is 3. The maximum atomic E-state index is 13.2. The molecule has 0 bridgehead atoms. The lowest BCUT2D eigenvalue weighted by atomic mass is 9.94. The number of hydrogen-bond donors (Lipinski definition) is 3. The van der Waals surface area contributed by atoms with Crippen molar-refractivity contribution in [2.24, 2.45) is 0 Å². The second kappa shape index (κ2) is 8.79. The van der Waals surface area contributed by atoms with Crippen molar-refractivity contribution in [2.75, 3.05) is 18.4 Å². The van der Waals surface area contributed by atoms with Crippen LogP contribution in [0.2, 0.25) is 0 Å². The molecular formula is C20H16F7N3O3. The Morgan fingerprint density at radius 1 is 0.909 bits per heavy atom. The molecular weight excluding hydrogens is 463 g/mol. The normalized spacial score (nSPS) is 18.8. The summed E-state index contributed by atoms with van der Waals surface area (Å²) in [4.78, 5) is 24.7. The van der Waals surface area contributed by atoms with Crippen molar-refractivity contribution in [2.45, 2.75) is 24.3 Å². The second-order valence-corrected chi connectivity index (χ2v) is 7.35. The number of benzene rings is 2. The molecule has 2 atom stereocenters. The molecule has 0 saturated carbocycles. The lowest BCUT2D eigenvalue weighted by Gasteiger charge is -2.21. The summed E-state index contributed by atoms with van der Waals surface area (Å²) in [6, 6.07) is 3.67. The van der Waals surface area contributed by atoms with Crippen molar-refractivity contribution >= 4 is 17.8 Å². The van der Waals surface area contributed by atoms with Gasteiger partial charge in [0.2, 0.25) is 0 Å². The first-order valence-electron chi connectivity index (χ1n) is 9.34. The number of hydrogen-bond acceptors (Lipinski definition) is 2. The topological polar surface area (TPSA) is 81.7 Å². The highest BCUT2D eigenvalue weighted by Gasteiger charge is 2.39. The van der Waals surface area contributed by atoms with Crippen LogP contribution in [-0.2, 0) is 12.4 Å². The molecule has 2 aromatic rings. The maximum absolute atomic E-state index is 13.2. The van der Waals surface area contributed by atoms with E-state index < -0.39 is 59.1 Å². The summed E-state index contributed by atoms with van der Waals surface area (Å²) in [6.07, 6.45) is -11.5. The van der Waals surface area contributed by atoms with Gasteiger partial charge in [0.1, 0.15) is 5.82 Å². The van der Waals surface area contributed by atoms with Crippen LogP contribution < -0.4 is 10.6 Å². The van der Waals surface area contributed by atoms with Crippen LogP contribution in [0.1, 0.15) is 22.6 Å². The van der Waals surface area contributed by atoms with Gasteiger partial charge in [-0.2, -0.15) is 26.3 Å². The third-order valence-electron chi connectivity index (χ3n) is 5.05. The Kier molecular flexibility index (Phi) is 6.43. The molecule has 13 heteroatoms. The lowest BCUT2D eigenvalue weighted by Crippen LogP contribution is -2.42. The zero-order valence-corrected chi connectivity index (χ0v) is 16.5. The summed E-state index contributed by atoms with van der Waals surface area (Å²) in [6.45, 7) is -0.255. The van der Waals surface area contributed by atoms with Gasteiger partial charge in [-0.05, 0) is 35.9 Å². The van der Waals surface area contributed by atoms with E-state index in [2.05, 4.69) is 5.32 Å². The summed E-state index contributed by atoms with van der Waals surface area (Å²) < 4.78 is 91.2. The van der Waals surface area contributed by atoms with E-state index in [1.165, 1.54) is 12.1 Å². The minimum Gasteiger partial charge on any atom is -0.465 e. The number of likely N-dealkylation sites (tertiary alicyclic amines) is 1. The number of nitrogens with zero attached hydrogens (tertiary/aromatic N) is 1. The quantitative estimate of drug-likeness (QED) is 0.534. The van der Waals surface area contributed by atoms with E-state index >= 15 is 0 Å². The van der Waals surface area contributed by atoms with Crippen LogP contribution in [0, 0.1) is 5.82 Å². The van der Waals surface area contributed by atoms with Gasteiger partial charge in [-0.25, -0.2) is 14.0 Å². The average molecular weight is 479 g/mol. The van der Waals surface area contributed by atoms with E-state index in [0.717, 1.165) is 17.0 Å². The third-order valence-corrected chi connectivity index (χ3v) is 5.05. The molecule has 178 valence electrons. The van der Waals surface area contributed by atoms with Gasteiger partial charge in [0.25, 0.3) is 0 Å². The average Bonchev–Trinajstić information content (AvgIpc) is 3.11. The molecule has 0 aliphatic carbocycles. The molecule has 0 spiro atoms. The fourth-order valence-corrected chi connectivity index (χ4v) is 3.52. The van der Waals surface area contributed by atoms with E-state index in [0.29, 0.717) is 17.7 Å². The molecule has 1 saturated heterocycles. The first kappa shape index (κ1) is 24.1. The van der Waals surface area contributed by atoms with Crippen LogP contribution in [0.5, 0.6) is 0 Å². The number of carbonyl (C=O) groups excluding carboxylic acids is 1. The first-order chi connectivity index (χ1) is 15.2. The third kappa shape index (κ3) is 5.84. The summed E-state index contributed by atoms with van der Waals surface area (Å²) in [7, 11) is 0. The Morgan fingerprint density at radius 3 is 1.94 bits per heavy atom. The largest absolute Gasteiger partial charge is 0.465 e. The van der Waals surface area contributed by atoms with E-state index in [9.17, 15) is 45.4 Å². The highest BCUT2D eigenvalue weighted by atomic mass is 19.4. The number of carboxylic acid groups (broad SMARTS) is 1. The Morgan fingerprint density at radius 2 is 1.45 bits per heavy atom. The van der Waals surface area contributed by atoms with E-state index in [1.54, 1.807) is 0 Å². The Labute approximate surface area is 182 Å². The van der Waals surface area contributed by atoms with E-state index in [-0.39, 0.29) is 19.2 Å². The molecule has 0 aromatic heterocycles. The number of anilines is 1. The van der Waals surface area contributed by atoms with Crippen LogP contribution in [0.25, 0.3) is 0 Å². The van der Waals surface area contributed by atoms with E-state index in [1.807, 2.05) is 5.32 Å². The number of urea groups is 1. The monoisotopic (exact) mass is 479 g/mol. The fourth-order valence-electron chi connectivity index (χ4n) is 3.52. The zero-order valence-electron chi connectivity index (χ0n) is 16.5. The van der Waals surface area contributed by atoms with Gasteiger partial charge in [-0.1, -0.05) is 12.1 Å². The Balaban J connectivity index is 1.82. The van der Waals surface area contributed by atoms with Gasteiger partial charge >= 0.3 is 24.5 Å². The van der Waals surface area contributed by atoms with Gasteiger partial charge in [-0.15, -0.1) is 0 Å². The van der Waals surface area contributed by atoms with Crippen molar-refractivity contribution in [1.29, 1.82) is 0 Å². The standard InChI is InChI=1S/C20H16F7N3O3/c21-13-3-1-10(2-4-13)15-8-30(18(32)33)9-16(15)29-17(31)28-14-6-11(19(22,23)24)5-12(7-14)20(25,26)27/h1-7,15-16H,8-9H2,(H,32,33)(H2,28,29,31)/t15-,16+/m1/s1. The molecule has 2 aromatic carbocycles. The molecule has 3 N–H and O–H groups in total.